The van der Waals surface area contributed by atoms with Gasteiger partial charge in [0.25, 0.3) is 5.91 Å². The lowest BCUT2D eigenvalue weighted by molar-refractivity contribution is -0.118. The number of carbonyl (C=O) groups is 1. The molecule has 0 saturated heterocycles. The minimum Gasteiger partial charge on any atom is -0.484 e. The molecule has 1 amide bonds. The number of rotatable bonds is 6. The van der Waals surface area contributed by atoms with Crippen molar-refractivity contribution in [2.24, 2.45) is 0 Å². The van der Waals surface area contributed by atoms with Crippen molar-refractivity contribution in [3.8, 4) is 17.3 Å². The molecule has 0 aliphatic heterocycles. The van der Waals surface area contributed by atoms with Gasteiger partial charge in [0.05, 0.1) is 23.0 Å². The van der Waals surface area contributed by atoms with Gasteiger partial charge in [-0.25, -0.2) is 19.0 Å². The maximum absolute atomic E-state index is 13.1. The van der Waals surface area contributed by atoms with Gasteiger partial charge in [0.1, 0.15) is 23.7 Å². The molecule has 0 radical (unpaired) electrons. The van der Waals surface area contributed by atoms with Crippen LogP contribution in [-0.2, 0) is 4.79 Å². The average molecular weight is 471 g/mol. The second kappa shape index (κ2) is 8.98. The first-order valence-corrected chi connectivity index (χ1v) is 10.9. The SMILES string of the molecule is Cc1ccc(-n2ncc3c(-n4nc(C)cc4NC(=O)COc4ccc(F)cc4)ncnc32)c(C)c1. The van der Waals surface area contributed by atoms with Crippen molar-refractivity contribution in [1.29, 1.82) is 0 Å². The zero-order valence-corrected chi connectivity index (χ0v) is 19.4. The number of aryl methyl sites for hydroxylation is 3. The lowest BCUT2D eigenvalue weighted by Crippen LogP contribution is -2.22. The summed E-state index contributed by atoms with van der Waals surface area (Å²) in [6.45, 7) is 5.63. The minimum atomic E-state index is -0.397. The Hall–Kier alpha value is -4.60. The van der Waals surface area contributed by atoms with Gasteiger partial charge in [-0.05, 0) is 56.7 Å². The molecular weight excluding hydrogens is 449 g/mol. The number of carbonyl (C=O) groups excluding carboxylic acids is 1. The van der Waals surface area contributed by atoms with E-state index in [9.17, 15) is 9.18 Å². The van der Waals surface area contributed by atoms with Gasteiger partial charge in [-0.3, -0.25) is 4.79 Å². The van der Waals surface area contributed by atoms with E-state index in [4.69, 9.17) is 4.74 Å². The number of hydrogen-bond acceptors (Lipinski definition) is 6. The van der Waals surface area contributed by atoms with Crippen molar-refractivity contribution in [2.75, 3.05) is 11.9 Å². The predicted molar refractivity (Wildman–Crippen MR) is 129 cm³/mol. The van der Waals surface area contributed by atoms with Crippen molar-refractivity contribution in [1.82, 2.24) is 29.5 Å². The highest BCUT2D eigenvalue weighted by atomic mass is 19.1. The Bertz CT molecular complexity index is 1540. The highest BCUT2D eigenvalue weighted by Gasteiger charge is 2.18. The number of benzene rings is 2. The predicted octanol–water partition coefficient (Wildman–Crippen LogP) is 4.08. The Kier molecular flexibility index (Phi) is 5.69. The van der Waals surface area contributed by atoms with Gasteiger partial charge < -0.3 is 10.1 Å². The summed E-state index contributed by atoms with van der Waals surface area (Å²) in [6.07, 6.45) is 3.13. The van der Waals surface area contributed by atoms with E-state index in [0.717, 1.165) is 16.8 Å². The van der Waals surface area contributed by atoms with E-state index in [1.165, 1.54) is 30.6 Å². The molecule has 176 valence electrons. The number of nitrogens with zero attached hydrogens (tertiary/aromatic N) is 6. The van der Waals surface area contributed by atoms with Gasteiger partial charge in [-0.15, -0.1) is 0 Å². The van der Waals surface area contributed by atoms with Crippen LogP contribution in [0.5, 0.6) is 5.75 Å². The molecule has 0 atom stereocenters. The second-order valence-electron chi connectivity index (χ2n) is 8.15. The Morgan fingerprint density at radius 1 is 1.03 bits per heavy atom. The van der Waals surface area contributed by atoms with Crippen LogP contribution in [-0.4, -0.2) is 42.0 Å². The monoisotopic (exact) mass is 471 g/mol. The van der Waals surface area contributed by atoms with Crippen molar-refractivity contribution >= 4 is 22.8 Å². The van der Waals surface area contributed by atoms with Crippen LogP contribution >= 0.6 is 0 Å². The third-order valence-corrected chi connectivity index (χ3v) is 5.41. The van der Waals surface area contributed by atoms with Crippen molar-refractivity contribution in [2.45, 2.75) is 20.8 Å². The Morgan fingerprint density at radius 3 is 2.60 bits per heavy atom. The molecule has 3 aromatic heterocycles. The average Bonchev–Trinajstić information content (AvgIpc) is 3.42. The molecule has 3 heterocycles. The van der Waals surface area contributed by atoms with E-state index in [1.54, 1.807) is 21.6 Å². The van der Waals surface area contributed by atoms with Crippen LogP contribution in [0.4, 0.5) is 10.2 Å². The minimum absolute atomic E-state index is 0.250. The highest BCUT2D eigenvalue weighted by Crippen LogP contribution is 2.25. The number of fused-ring (bicyclic) bond motifs is 1. The first-order chi connectivity index (χ1) is 16.9. The third kappa shape index (κ3) is 4.45. The fourth-order valence-corrected chi connectivity index (χ4v) is 3.83. The van der Waals surface area contributed by atoms with Gasteiger partial charge >= 0.3 is 0 Å². The summed E-state index contributed by atoms with van der Waals surface area (Å²) in [5.41, 5.74) is 4.45. The van der Waals surface area contributed by atoms with E-state index in [1.807, 2.05) is 32.9 Å². The molecule has 0 fully saturated rings. The smallest absolute Gasteiger partial charge is 0.263 e. The summed E-state index contributed by atoms with van der Waals surface area (Å²) in [6, 6.07) is 13.3. The number of amides is 1. The van der Waals surface area contributed by atoms with Crippen molar-refractivity contribution < 1.29 is 13.9 Å². The number of hydrogen-bond donors (Lipinski definition) is 1. The maximum atomic E-state index is 13.1. The first kappa shape index (κ1) is 22.2. The van der Waals surface area contributed by atoms with Gasteiger partial charge in [0.15, 0.2) is 18.1 Å². The molecule has 2 aromatic carbocycles. The van der Waals surface area contributed by atoms with Crippen LogP contribution in [0.1, 0.15) is 16.8 Å². The van der Waals surface area contributed by atoms with Gasteiger partial charge in [0.2, 0.25) is 0 Å². The standard InChI is InChI=1S/C25H22FN7O2/c1-15-4-9-21(16(2)10-15)32-24-20(12-29-32)25(28-14-27-24)33-22(11-17(3)31-33)30-23(34)13-35-19-7-5-18(26)6-8-19/h4-12,14H,13H2,1-3H3,(H,30,34). The van der Waals surface area contributed by atoms with Crippen LogP contribution in [0, 0.1) is 26.6 Å². The fraction of sp³-hybridized carbons (Fsp3) is 0.160. The van der Waals surface area contributed by atoms with E-state index >= 15 is 0 Å². The van der Waals surface area contributed by atoms with E-state index in [0.29, 0.717) is 34.1 Å². The molecule has 0 bridgehead atoms. The summed E-state index contributed by atoms with van der Waals surface area (Å²) in [7, 11) is 0. The molecule has 0 saturated carbocycles. The fourth-order valence-electron chi connectivity index (χ4n) is 3.83. The summed E-state index contributed by atoms with van der Waals surface area (Å²) >= 11 is 0. The lowest BCUT2D eigenvalue weighted by Gasteiger charge is -2.10. The summed E-state index contributed by atoms with van der Waals surface area (Å²) in [4.78, 5) is 21.4. The molecule has 0 spiro atoms. The van der Waals surface area contributed by atoms with E-state index in [2.05, 4.69) is 31.5 Å². The first-order valence-electron chi connectivity index (χ1n) is 10.9. The number of anilines is 1. The second-order valence-corrected chi connectivity index (χ2v) is 8.15. The number of aromatic nitrogens is 6. The van der Waals surface area contributed by atoms with Gasteiger partial charge in [0, 0.05) is 6.07 Å². The highest BCUT2D eigenvalue weighted by molar-refractivity contribution is 5.92. The molecule has 5 aromatic rings. The Morgan fingerprint density at radius 2 is 1.83 bits per heavy atom. The van der Waals surface area contributed by atoms with Crippen molar-refractivity contribution in [3.63, 3.8) is 0 Å². The molecular formula is C25H22FN7O2. The number of ether oxygens (including phenoxy) is 1. The maximum Gasteiger partial charge on any atom is 0.263 e. The molecule has 1 N–H and O–H groups in total. The zero-order chi connectivity index (χ0) is 24.5. The summed E-state index contributed by atoms with van der Waals surface area (Å²) in [5.74, 6) is 0.524. The van der Waals surface area contributed by atoms with Crippen LogP contribution in [0.2, 0.25) is 0 Å². The van der Waals surface area contributed by atoms with Gasteiger partial charge in [-0.1, -0.05) is 17.7 Å². The Labute approximate surface area is 200 Å². The van der Waals surface area contributed by atoms with Crippen LogP contribution in [0.15, 0.2) is 61.1 Å². The van der Waals surface area contributed by atoms with Crippen LogP contribution in [0.25, 0.3) is 22.5 Å². The molecule has 10 heteroatoms. The van der Waals surface area contributed by atoms with Gasteiger partial charge in [-0.2, -0.15) is 14.9 Å². The lowest BCUT2D eigenvalue weighted by atomic mass is 10.1. The van der Waals surface area contributed by atoms with Crippen LogP contribution in [0.3, 0.4) is 0 Å². The zero-order valence-electron chi connectivity index (χ0n) is 19.4. The molecule has 0 aliphatic rings. The van der Waals surface area contributed by atoms with E-state index < -0.39 is 5.91 Å². The molecule has 0 unspecified atom stereocenters. The molecule has 35 heavy (non-hydrogen) atoms. The molecule has 9 nitrogen and oxygen atoms in total. The number of nitrogens with one attached hydrogen (secondary N) is 1. The topological polar surface area (TPSA) is 99.8 Å². The largest absolute Gasteiger partial charge is 0.484 e. The molecule has 5 rings (SSSR count). The number of halogens is 1. The Balaban J connectivity index is 1.44. The molecule has 0 aliphatic carbocycles. The quantitative estimate of drug-likeness (QED) is 0.401. The van der Waals surface area contributed by atoms with Crippen molar-refractivity contribution in [3.05, 3.63) is 83.7 Å². The van der Waals surface area contributed by atoms with Crippen LogP contribution < -0.4 is 10.1 Å². The summed E-state index contributed by atoms with van der Waals surface area (Å²) in [5, 5.41) is 12.5. The normalized spacial score (nSPS) is 11.1. The van der Waals surface area contributed by atoms with E-state index in [-0.39, 0.29) is 12.4 Å². The third-order valence-electron chi connectivity index (χ3n) is 5.41. The summed E-state index contributed by atoms with van der Waals surface area (Å²) < 4.78 is 21.8.